The van der Waals surface area contributed by atoms with Crippen molar-refractivity contribution in [1.82, 2.24) is 0 Å². The van der Waals surface area contributed by atoms with Crippen molar-refractivity contribution in [3.05, 3.63) is 11.6 Å². The molecule has 2 rings (SSSR count). The molecule has 0 radical (unpaired) electrons. The third kappa shape index (κ3) is 3.37. The lowest BCUT2D eigenvalue weighted by Gasteiger charge is -2.15. The molecule has 0 bridgehead atoms. The molecule has 2 aliphatic rings. The van der Waals surface area contributed by atoms with E-state index in [2.05, 4.69) is 33.8 Å². The molecule has 0 aliphatic heterocycles. The Morgan fingerprint density at radius 3 is 2.67 bits per heavy atom. The van der Waals surface area contributed by atoms with E-state index in [1.165, 1.54) is 12.0 Å². The van der Waals surface area contributed by atoms with Gasteiger partial charge in [0.2, 0.25) is 0 Å². The summed E-state index contributed by atoms with van der Waals surface area (Å²) in [6.07, 6.45) is 6.76. The van der Waals surface area contributed by atoms with Gasteiger partial charge in [0.15, 0.2) is 0 Å². The van der Waals surface area contributed by atoms with Crippen LogP contribution in [-0.4, -0.2) is 12.6 Å². The summed E-state index contributed by atoms with van der Waals surface area (Å²) < 4.78 is 5.44. The van der Waals surface area contributed by atoms with Crippen molar-refractivity contribution in [2.75, 3.05) is 6.61 Å². The van der Waals surface area contributed by atoms with Crippen LogP contribution in [0.1, 0.15) is 53.4 Å². The molecule has 0 aromatic heterocycles. The lowest BCUT2D eigenvalue weighted by atomic mass is 9.94. The minimum Gasteiger partial charge on any atom is -0.465 e. The van der Waals surface area contributed by atoms with E-state index in [-0.39, 0.29) is 17.3 Å². The van der Waals surface area contributed by atoms with E-state index in [0.29, 0.717) is 12.5 Å². The van der Waals surface area contributed by atoms with E-state index >= 15 is 0 Å². The van der Waals surface area contributed by atoms with Crippen molar-refractivity contribution in [2.45, 2.75) is 53.4 Å². The van der Waals surface area contributed by atoms with E-state index < -0.39 is 0 Å². The van der Waals surface area contributed by atoms with Gasteiger partial charge in [0, 0.05) is 5.41 Å². The van der Waals surface area contributed by atoms with Crippen LogP contribution in [0.15, 0.2) is 11.6 Å². The Kier molecular flexibility index (Phi) is 3.84. The summed E-state index contributed by atoms with van der Waals surface area (Å²) in [5.74, 6) is 1.69. The maximum atomic E-state index is 11.5. The van der Waals surface area contributed by atoms with Gasteiger partial charge in [-0.2, -0.15) is 0 Å². The summed E-state index contributed by atoms with van der Waals surface area (Å²) in [6.45, 7) is 9.51. The molecule has 2 nitrogen and oxygen atoms in total. The van der Waals surface area contributed by atoms with Gasteiger partial charge >= 0.3 is 5.97 Å². The molecule has 3 atom stereocenters. The lowest BCUT2D eigenvalue weighted by Crippen LogP contribution is -2.17. The number of carbonyl (C=O) groups is 1. The van der Waals surface area contributed by atoms with Crippen LogP contribution in [0, 0.1) is 23.2 Å². The second-order valence-electron chi connectivity index (χ2n) is 6.84. The molecule has 18 heavy (non-hydrogen) atoms. The number of allylic oxidation sites excluding steroid dienone is 2. The topological polar surface area (TPSA) is 26.3 Å². The SMILES string of the molecule is CC(C)=CC[C@H](C)[C@@H]1C[C@@]1(C)COC(=O)C1CC1. The smallest absolute Gasteiger partial charge is 0.308 e. The highest BCUT2D eigenvalue weighted by Crippen LogP contribution is 2.57. The highest BCUT2D eigenvalue weighted by Gasteiger charge is 2.53. The maximum Gasteiger partial charge on any atom is 0.308 e. The second-order valence-corrected chi connectivity index (χ2v) is 6.84. The van der Waals surface area contributed by atoms with Gasteiger partial charge in [-0.15, -0.1) is 0 Å². The highest BCUT2D eigenvalue weighted by molar-refractivity contribution is 5.74. The molecule has 0 unspecified atom stereocenters. The first-order chi connectivity index (χ1) is 8.42. The number of rotatable bonds is 6. The predicted octanol–water partition coefficient (Wildman–Crippen LogP) is 3.96. The first kappa shape index (κ1) is 13.6. The van der Waals surface area contributed by atoms with Crippen LogP contribution in [-0.2, 0) is 9.53 Å². The van der Waals surface area contributed by atoms with E-state index in [9.17, 15) is 4.79 Å². The second kappa shape index (κ2) is 5.07. The Labute approximate surface area is 111 Å². The van der Waals surface area contributed by atoms with Gasteiger partial charge in [-0.3, -0.25) is 4.79 Å². The van der Waals surface area contributed by atoms with Crippen molar-refractivity contribution in [3.63, 3.8) is 0 Å². The number of hydrogen-bond donors (Lipinski definition) is 0. The van der Waals surface area contributed by atoms with Gasteiger partial charge in [0.05, 0.1) is 12.5 Å². The van der Waals surface area contributed by atoms with Crippen LogP contribution in [0.3, 0.4) is 0 Å². The van der Waals surface area contributed by atoms with Gasteiger partial charge in [-0.05, 0) is 51.4 Å². The highest BCUT2D eigenvalue weighted by atomic mass is 16.5. The van der Waals surface area contributed by atoms with Crippen LogP contribution in [0.2, 0.25) is 0 Å². The third-order valence-electron chi connectivity index (χ3n) is 4.46. The number of ether oxygens (including phenoxy) is 1. The Morgan fingerprint density at radius 2 is 2.11 bits per heavy atom. The molecule has 2 aliphatic carbocycles. The molecule has 102 valence electrons. The zero-order chi connectivity index (χ0) is 13.3. The van der Waals surface area contributed by atoms with Crippen LogP contribution < -0.4 is 0 Å². The van der Waals surface area contributed by atoms with Gasteiger partial charge < -0.3 is 4.74 Å². The molecule has 2 fully saturated rings. The van der Waals surface area contributed by atoms with E-state index in [1.54, 1.807) is 0 Å². The summed E-state index contributed by atoms with van der Waals surface area (Å²) in [5, 5.41) is 0. The minimum absolute atomic E-state index is 0.0406. The molecule has 0 aromatic carbocycles. The van der Waals surface area contributed by atoms with Gasteiger partial charge in [-0.25, -0.2) is 0 Å². The Balaban J connectivity index is 1.73. The lowest BCUT2D eigenvalue weighted by molar-refractivity contribution is -0.147. The van der Waals surface area contributed by atoms with Crippen molar-refractivity contribution in [3.8, 4) is 0 Å². The van der Waals surface area contributed by atoms with E-state index in [4.69, 9.17) is 4.74 Å². The van der Waals surface area contributed by atoms with Crippen molar-refractivity contribution in [1.29, 1.82) is 0 Å². The van der Waals surface area contributed by atoms with Gasteiger partial charge in [-0.1, -0.05) is 25.5 Å². The van der Waals surface area contributed by atoms with Crippen LogP contribution >= 0.6 is 0 Å². The fourth-order valence-electron chi connectivity index (χ4n) is 2.76. The molecular formula is C16H26O2. The molecule has 0 aromatic rings. The van der Waals surface area contributed by atoms with Crippen molar-refractivity contribution >= 4 is 5.97 Å². The zero-order valence-corrected chi connectivity index (χ0v) is 12.2. The van der Waals surface area contributed by atoms with Crippen LogP contribution in [0.5, 0.6) is 0 Å². The molecule has 0 spiro atoms. The molecule has 0 heterocycles. The number of carbonyl (C=O) groups excluding carboxylic acids is 1. The Bertz CT molecular complexity index is 350. The van der Waals surface area contributed by atoms with E-state index in [1.807, 2.05) is 0 Å². The summed E-state index contributed by atoms with van der Waals surface area (Å²) in [4.78, 5) is 11.5. The quantitative estimate of drug-likeness (QED) is 0.527. The standard InChI is InChI=1S/C16H26O2/c1-11(2)5-6-12(3)14-9-16(14,4)10-18-15(17)13-7-8-13/h5,12-14H,6-10H2,1-4H3/t12-,14-,16-/m0/s1. The van der Waals surface area contributed by atoms with Gasteiger partial charge in [0.1, 0.15) is 0 Å². The molecule has 0 amide bonds. The summed E-state index contributed by atoms with van der Waals surface area (Å²) in [5.41, 5.74) is 1.64. The summed E-state index contributed by atoms with van der Waals surface area (Å²) in [6, 6.07) is 0. The number of esters is 1. The fourth-order valence-corrected chi connectivity index (χ4v) is 2.76. The fraction of sp³-hybridized carbons (Fsp3) is 0.812. The van der Waals surface area contributed by atoms with Crippen LogP contribution in [0.4, 0.5) is 0 Å². The first-order valence-corrected chi connectivity index (χ1v) is 7.22. The van der Waals surface area contributed by atoms with Gasteiger partial charge in [0.25, 0.3) is 0 Å². The normalized spacial score (nSPS) is 31.7. The summed E-state index contributed by atoms with van der Waals surface area (Å²) in [7, 11) is 0. The molecule has 0 N–H and O–H groups in total. The summed E-state index contributed by atoms with van der Waals surface area (Å²) >= 11 is 0. The Hall–Kier alpha value is -0.790. The van der Waals surface area contributed by atoms with Crippen molar-refractivity contribution in [2.24, 2.45) is 23.2 Å². The minimum atomic E-state index is 0.0406. The molecule has 2 heteroatoms. The largest absolute Gasteiger partial charge is 0.465 e. The predicted molar refractivity (Wildman–Crippen MR) is 73.1 cm³/mol. The Morgan fingerprint density at radius 1 is 1.44 bits per heavy atom. The molecular weight excluding hydrogens is 224 g/mol. The average molecular weight is 250 g/mol. The maximum absolute atomic E-state index is 11.5. The van der Waals surface area contributed by atoms with Crippen LogP contribution in [0.25, 0.3) is 0 Å². The molecule has 2 saturated carbocycles. The first-order valence-electron chi connectivity index (χ1n) is 7.22. The third-order valence-corrected chi connectivity index (χ3v) is 4.46. The van der Waals surface area contributed by atoms with Crippen molar-refractivity contribution < 1.29 is 9.53 Å². The average Bonchev–Trinajstić information content (AvgIpc) is 3.18. The monoisotopic (exact) mass is 250 g/mol. The zero-order valence-electron chi connectivity index (χ0n) is 12.2. The van der Waals surface area contributed by atoms with E-state index in [0.717, 1.165) is 25.2 Å². The molecule has 0 saturated heterocycles. The number of hydrogen-bond acceptors (Lipinski definition) is 2.